The number of fused-ring (bicyclic) bond motifs is 1. The summed E-state index contributed by atoms with van der Waals surface area (Å²) in [6.45, 7) is -1.63. The number of aromatic hydroxyl groups is 3. The zero-order valence-corrected chi connectivity index (χ0v) is 23.0. The third-order valence-electron chi connectivity index (χ3n) is 7.76. The third-order valence-corrected chi connectivity index (χ3v) is 7.76. The molecule has 0 saturated carbocycles. The first-order chi connectivity index (χ1) is 20.9. The Morgan fingerprint density at radius 1 is 0.795 bits per heavy atom. The number of rotatable bonds is 7. The maximum atomic E-state index is 13.2. The number of aliphatic hydroxyl groups excluding tert-OH is 7. The first-order valence-corrected chi connectivity index (χ1v) is 13.4. The van der Waals surface area contributed by atoms with Gasteiger partial charge in [0.1, 0.15) is 83.2 Å². The van der Waals surface area contributed by atoms with Crippen LogP contribution in [0.4, 0.5) is 0 Å². The van der Waals surface area contributed by atoms with E-state index in [-0.39, 0.29) is 22.8 Å². The van der Waals surface area contributed by atoms with Gasteiger partial charge < -0.3 is 74.4 Å². The van der Waals surface area contributed by atoms with Crippen molar-refractivity contribution in [2.24, 2.45) is 0 Å². The van der Waals surface area contributed by atoms with E-state index in [4.69, 9.17) is 23.4 Å². The predicted octanol–water partition coefficient (Wildman–Crippen LogP) is -2.08. The van der Waals surface area contributed by atoms with Crippen LogP contribution in [-0.4, -0.2) is 127 Å². The SMILES string of the molecule is COc1cc(-c2cc(=O)c3c(O)c([C@H]4O[C@H](CO)[C@@H](O)[C@H](O[C@H]5O[C@H](CO)[C@@H](O)[C@H](O)[C@H]5O)[C@H]4O)c(O)cc3o2)ccc1O. The zero-order chi connectivity index (χ0) is 32.0. The fourth-order valence-electron chi connectivity index (χ4n) is 5.38. The molecule has 3 aromatic rings. The highest BCUT2D eigenvalue weighted by Gasteiger charge is 2.51. The molecule has 0 bridgehead atoms. The second-order valence-corrected chi connectivity index (χ2v) is 10.4. The Kier molecular flexibility index (Phi) is 9.01. The lowest BCUT2D eigenvalue weighted by Crippen LogP contribution is -2.63. The molecule has 2 fully saturated rings. The molecule has 0 aliphatic carbocycles. The Labute approximate surface area is 247 Å². The summed E-state index contributed by atoms with van der Waals surface area (Å²) in [5.41, 5.74) is -1.24. The van der Waals surface area contributed by atoms with E-state index in [2.05, 4.69) is 0 Å². The molecule has 0 unspecified atom stereocenters. The van der Waals surface area contributed by atoms with Crippen molar-refractivity contribution in [2.45, 2.75) is 61.2 Å². The molecular weight excluding hydrogens is 592 g/mol. The van der Waals surface area contributed by atoms with Crippen molar-refractivity contribution in [3.8, 4) is 34.3 Å². The fraction of sp³-hybridized carbons (Fsp3) is 0.464. The summed E-state index contributed by atoms with van der Waals surface area (Å²) in [6.07, 6.45) is -17.4. The Morgan fingerprint density at radius 3 is 2.14 bits per heavy atom. The number of phenols is 3. The van der Waals surface area contributed by atoms with Crippen LogP contribution in [0.15, 0.2) is 39.5 Å². The second kappa shape index (κ2) is 12.4. The Bertz CT molecular complexity index is 1550. The smallest absolute Gasteiger partial charge is 0.197 e. The minimum Gasteiger partial charge on any atom is -0.507 e. The Hall–Kier alpha value is -3.55. The summed E-state index contributed by atoms with van der Waals surface area (Å²) in [7, 11) is 1.33. The normalized spacial score (nSPS) is 32.5. The minimum atomic E-state index is -1.97. The van der Waals surface area contributed by atoms with Crippen LogP contribution in [0.25, 0.3) is 22.3 Å². The van der Waals surface area contributed by atoms with Crippen LogP contribution >= 0.6 is 0 Å². The molecule has 2 aliphatic rings. The summed E-state index contributed by atoms with van der Waals surface area (Å²) >= 11 is 0. The van der Waals surface area contributed by atoms with Gasteiger partial charge in [0.2, 0.25) is 0 Å². The lowest BCUT2D eigenvalue weighted by Gasteiger charge is -2.46. The highest BCUT2D eigenvalue weighted by Crippen LogP contribution is 2.45. The highest BCUT2D eigenvalue weighted by atomic mass is 16.7. The maximum Gasteiger partial charge on any atom is 0.197 e. The number of aliphatic hydroxyl groups is 7. The molecule has 0 radical (unpaired) electrons. The van der Waals surface area contributed by atoms with Crippen molar-refractivity contribution in [1.29, 1.82) is 0 Å². The van der Waals surface area contributed by atoms with Gasteiger partial charge in [0.05, 0.1) is 25.9 Å². The summed E-state index contributed by atoms with van der Waals surface area (Å²) in [6, 6.07) is 6.17. The average molecular weight is 625 g/mol. The first kappa shape index (κ1) is 31.9. The van der Waals surface area contributed by atoms with Crippen molar-refractivity contribution in [2.75, 3.05) is 20.3 Å². The van der Waals surface area contributed by atoms with Gasteiger partial charge in [-0.25, -0.2) is 0 Å². The summed E-state index contributed by atoms with van der Waals surface area (Å²) < 4.78 is 27.3. The van der Waals surface area contributed by atoms with Crippen LogP contribution in [0.5, 0.6) is 23.0 Å². The molecule has 10 atom stereocenters. The number of benzene rings is 2. The van der Waals surface area contributed by atoms with E-state index in [9.17, 15) is 55.9 Å². The van der Waals surface area contributed by atoms with E-state index >= 15 is 0 Å². The number of hydrogen-bond acceptors (Lipinski definition) is 16. The Balaban J connectivity index is 1.52. The third kappa shape index (κ3) is 5.45. The van der Waals surface area contributed by atoms with Crippen LogP contribution in [0.2, 0.25) is 0 Å². The molecule has 0 amide bonds. The standard InChI is InChI=1S/C28H32O16/c1-40-14-4-9(2-3-10(14)31)13-5-11(32)18-15(41-13)6-12(33)19(22(18)36)26-25(39)27(21(35)17(8-30)42-26)44-28-24(38)23(37)20(34)16(7-29)43-28/h2-6,16-17,20-21,23-31,33-39H,7-8H2,1H3/t16-,17-,20-,21-,23+,24-,25+,26-,27+,28-/m1/s1. The van der Waals surface area contributed by atoms with Gasteiger partial charge in [-0.2, -0.15) is 0 Å². The molecule has 1 aromatic heterocycles. The first-order valence-electron chi connectivity index (χ1n) is 13.4. The molecular formula is C28H32O16. The van der Waals surface area contributed by atoms with Crippen LogP contribution in [-0.2, 0) is 14.2 Å². The van der Waals surface area contributed by atoms with Gasteiger partial charge in [0, 0.05) is 17.7 Å². The van der Waals surface area contributed by atoms with E-state index < -0.39 is 102 Å². The quantitative estimate of drug-likeness (QED) is 0.135. The van der Waals surface area contributed by atoms with Crippen LogP contribution in [0.3, 0.4) is 0 Å². The second-order valence-electron chi connectivity index (χ2n) is 10.4. The molecule has 3 heterocycles. The van der Waals surface area contributed by atoms with E-state index in [1.54, 1.807) is 0 Å². The van der Waals surface area contributed by atoms with Gasteiger partial charge in [0.15, 0.2) is 23.2 Å². The van der Waals surface area contributed by atoms with E-state index in [0.717, 1.165) is 12.1 Å². The highest BCUT2D eigenvalue weighted by molar-refractivity contribution is 5.88. The summed E-state index contributed by atoms with van der Waals surface area (Å²) in [5.74, 6) is -1.64. The molecule has 2 aliphatic heterocycles. The van der Waals surface area contributed by atoms with Crippen LogP contribution in [0, 0.1) is 0 Å². The van der Waals surface area contributed by atoms with Gasteiger partial charge in [-0.3, -0.25) is 4.79 Å². The van der Waals surface area contributed by atoms with Crippen molar-refractivity contribution in [1.82, 2.24) is 0 Å². The van der Waals surface area contributed by atoms with E-state index in [1.807, 2.05) is 0 Å². The maximum absolute atomic E-state index is 13.2. The van der Waals surface area contributed by atoms with Crippen LogP contribution < -0.4 is 10.2 Å². The Morgan fingerprint density at radius 2 is 1.48 bits per heavy atom. The van der Waals surface area contributed by atoms with Crippen molar-refractivity contribution in [3.63, 3.8) is 0 Å². The van der Waals surface area contributed by atoms with Crippen molar-refractivity contribution < 1.29 is 74.4 Å². The van der Waals surface area contributed by atoms with Gasteiger partial charge >= 0.3 is 0 Å². The van der Waals surface area contributed by atoms with Crippen LogP contribution in [0.1, 0.15) is 11.7 Å². The molecule has 16 nitrogen and oxygen atoms in total. The number of hydrogen-bond donors (Lipinski definition) is 10. The molecule has 2 aromatic carbocycles. The van der Waals surface area contributed by atoms with E-state index in [0.29, 0.717) is 5.56 Å². The molecule has 16 heteroatoms. The molecule has 2 saturated heterocycles. The largest absolute Gasteiger partial charge is 0.507 e. The number of ether oxygens (including phenoxy) is 4. The van der Waals surface area contributed by atoms with Gasteiger partial charge in [-0.1, -0.05) is 0 Å². The minimum absolute atomic E-state index is 0.00207. The van der Waals surface area contributed by atoms with Gasteiger partial charge in [0.25, 0.3) is 0 Å². The molecule has 240 valence electrons. The predicted molar refractivity (Wildman–Crippen MR) is 145 cm³/mol. The summed E-state index contributed by atoms with van der Waals surface area (Å²) in [4.78, 5) is 13.2. The number of phenolic OH excluding ortho intramolecular Hbond substituents is 3. The topological polar surface area (TPSA) is 269 Å². The van der Waals surface area contributed by atoms with E-state index in [1.165, 1.54) is 25.3 Å². The number of methoxy groups -OCH3 is 1. The molecule has 0 spiro atoms. The summed E-state index contributed by atoms with van der Waals surface area (Å²) in [5, 5.41) is 103. The zero-order valence-electron chi connectivity index (χ0n) is 23.0. The molecule has 5 rings (SSSR count). The fourth-order valence-corrected chi connectivity index (χ4v) is 5.38. The molecule has 10 N–H and O–H groups in total. The van der Waals surface area contributed by atoms with Crippen molar-refractivity contribution in [3.05, 3.63) is 46.1 Å². The lowest BCUT2D eigenvalue weighted by atomic mass is 9.89. The average Bonchev–Trinajstić information content (AvgIpc) is 2.99. The monoisotopic (exact) mass is 624 g/mol. The van der Waals surface area contributed by atoms with Crippen molar-refractivity contribution >= 4 is 11.0 Å². The van der Waals surface area contributed by atoms with Gasteiger partial charge in [-0.05, 0) is 18.2 Å². The van der Waals surface area contributed by atoms with Gasteiger partial charge in [-0.15, -0.1) is 0 Å². The lowest BCUT2D eigenvalue weighted by molar-refractivity contribution is -0.342. The molecule has 44 heavy (non-hydrogen) atoms.